The summed E-state index contributed by atoms with van der Waals surface area (Å²) >= 11 is 2.04. The fourth-order valence-corrected chi connectivity index (χ4v) is 5.04. The highest BCUT2D eigenvalue weighted by atomic mass is 32.2. The van der Waals surface area contributed by atoms with Crippen molar-refractivity contribution in [3.05, 3.63) is 35.4 Å². The predicted octanol–water partition coefficient (Wildman–Crippen LogP) is 2.86. The van der Waals surface area contributed by atoms with Crippen LogP contribution in [0.15, 0.2) is 24.3 Å². The van der Waals surface area contributed by atoms with Crippen LogP contribution in [-0.2, 0) is 4.79 Å². The Hall–Kier alpha value is -1.04. The van der Waals surface area contributed by atoms with Gasteiger partial charge in [-0.1, -0.05) is 49.1 Å². The quantitative estimate of drug-likeness (QED) is 0.847. The maximum atomic E-state index is 12.6. The van der Waals surface area contributed by atoms with E-state index in [1.54, 1.807) is 0 Å². The third kappa shape index (κ3) is 4.57. The first-order valence-corrected chi connectivity index (χ1v) is 10.7. The summed E-state index contributed by atoms with van der Waals surface area (Å²) in [6.07, 6.45) is 6.24. The summed E-state index contributed by atoms with van der Waals surface area (Å²) in [5.41, 5.74) is 8.40. The fraction of sp³-hybridized carbons (Fsp3) is 0.650. The molecule has 1 unspecified atom stereocenters. The molecule has 1 heterocycles. The van der Waals surface area contributed by atoms with Gasteiger partial charge in [0.25, 0.3) is 0 Å². The van der Waals surface area contributed by atoms with Crippen molar-refractivity contribution in [2.45, 2.75) is 50.6 Å². The number of aryl methyl sites for hydroxylation is 1. The molecular formula is C20H31N3OS. The van der Waals surface area contributed by atoms with E-state index < -0.39 is 6.04 Å². The molecule has 1 aromatic carbocycles. The van der Waals surface area contributed by atoms with Gasteiger partial charge in [-0.25, -0.2) is 0 Å². The Bertz CT molecular complexity index is 563. The average molecular weight is 362 g/mol. The molecule has 5 heteroatoms. The Kier molecular flexibility index (Phi) is 6.42. The Labute approximate surface area is 155 Å². The molecule has 3 rings (SSSR count). The zero-order valence-corrected chi connectivity index (χ0v) is 16.1. The molecule has 1 amide bonds. The van der Waals surface area contributed by atoms with Crippen molar-refractivity contribution in [2.24, 2.45) is 5.73 Å². The molecule has 138 valence electrons. The molecule has 0 spiro atoms. The number of rotatable bonds is 5. The molecule has 1 atom stereocenters. The van der Waals surface area contributed by atoms with Crippen LogP contribution in [0.25, 0.3) is 0 Å². The van der Waals surface area contributed by atoms with E-state index in [1.807, 2.05) is 43.0 Å². The van der Waals surface area contributed by atoms with Gasteiger partial charge < -0.3 is 11.1 Å². The molecule has 1 saturated carbocycles. The SMILES string of the molecule is Cc1ccc(C(N)C(=O)NCC2(N3CCSCC3)CCCCC2)cc1. The molecular weight excluding hydrogens is 330 g/mol. The largest absolute Gasteiger partial charge is 0.353 e. The third-order valence-electron chi connectivity index (χ3n) is 5.78. The van der Waals surface area contributed by atoms with Gasteiger partial charge >= 0.3 is 0 Å². The number of nitrogens with zero attached hydrogens (tertiary/aromatic N) is 1. The van der Waals surface area contributed by atoms with Crippen molar-refractivity contribution in [1.29, 1.82) is 0 Å². The van der Waals surface area contributed by atoms with E-state index in [2.05, 4.69) is 10.2 Å². The highest BCUT2D eigenvalue weighted by Crippen LogP contribution is 2.35. The second-order valence-electron chi connectivity index (χ2n) is 7.49. The van der Waals surface area contributed by atoms with Crippen LogP contribution in [-0.4, -0.2) is 47.5 Å². The summed E-state index contributed by atoms with van der Waals surface area (Å²) in [7, 11) is 0. The molecule has 1 aromatic rings. The van der Waals surface area contributed by atoms with E-state index >= 15 is 0 Å². The lowest BCUT2D eigenvalue weighted by atomic mass is 9.80. The van der Waals surface area contributed by atoms with Crippen LogP contribution in [0.1, 0.15) is 49.3 Å². The lowest BCUT2D eigenvalue weighted by molar-refractivity contribution is -0.123. The van der Waals surface area contributed by atoms with Crippen LogP contribution in [0.2, 0.25) is 0 Å². The van der Waals surface area contributed by atoms with Crippen LogP contribution in [0.3, 0.4) is 0 Å². The monoisotopic (exact) mass is 361 g/mol. The van der Waals surface area contributed by atoms with E-state index in [4.69, 9.17) is 5.73 Å². The molecule has 2 aliphatic rings. The molecule has 0 bridgehead atoms. The topological polar surface area (TPSA) is 58.4 Å². The van der Waals surface area contributed by atoms with Crippen LogP contribution in [0.5, 0.6) is 0 Å². The van der Waals surface area contributed by atoms with Gasteiger partial charge in [0, 0.05) is 36.7 Å². The normalized spacial score (nSPS) is 22.3. The number of carbonyl (C=O) groups is 1. The predicted molar refractivity (Wildman–Crippen MR) is 106 cm³/mol. The van der Waals surface area contributed by atoms with Crippen LogP contribution >= 0.6 is 11.8 Å². The van der Waals surface area contributed by atoms with Gasteiger partial charge in [0.1, 0.15) is 6.04 Å². The molecule has 4 nitrogen and oxygen atoms in total. The summed E-state index contributed by atoms with van der Waals surface area (Å²) in [5, 5.41) is 3.19. The van der Waals surface area contributed by atoms with Crippen LogP contribution in [0.4, 0.5) is 0 Å². The van der Waals surface area contributed by atoms with Gasteiger partial charge in [-0.15, -0.1) is 0 Å². The summed E-state index contributed by atoms with van der Waals surface area (Å²) in [4.78, 5) is 15.3. The van der Waals surface area contributed by atoms with Gasteiger partial charge in [0.2, 0.25) is 5.91 Å². The van der Waals surface area contributed by atoms with Crippen molar-refractivity contribution in [3.8, 4) is 0 Å². The smallest absolute Gasteiger partial charge is 0.241 e. The maximum Gasteiger partial charge on any atom is 0.241 e. The van der Waals surface area contributed by atoms with E-state index in [0.29, 0.717) is 0 Å². The maximum absolute atomic E-state index is 12.6. The molecule has 1 saturated heterocycles. The highest BCUT2D eigenvalue weighted by molar-refractivity contribution is 7.99. The van der Waals surface area contributed by atoms with Crippen molar-refractivity contribution < 1.29 is 4.79 Å². The minimum Gasteiger partial charge on any atom is -0.353 e. The summed E-state index contributed by atoms with van der Waals surface area (Å²) in [5.74, 6) is 2.36. The number of nitrogens with two attached hydrogens (primary N) is 1. The molecule has 25 heavy (non-hydrogen) atoms. The number of nitrogens with one attached hydrogen (secondary N) is 1. The number of hydrogen-bond acceptors (Lipinski definition) is 4. The lowest BCUT2D eigenvalue weighted by Crippen LogP contribution is -2.59. The number of carbonyl (C=O) groups excluding carboxylic acids is 1. The molecule has 2 fully saturated rings. The Morgan fingerprint density at radius 3 is 2.48 bits per heavy atom. The Morgan fingerprint density at radius 2 is 1.84 bits per heavy atom. The summed E-state index contributed by atoms with van der Waals surface area (Å²) < 4.78 is 0. The number of hydrogen-bond donors (Lipinski definition) is 2. The van der Waals surface area contributed by atoms with Gasteiger partial charge in [-0.2, -0.15) is 11.8 Å². The molecule has 0 radical (unpaired) electrons. The van der Waals surface area contributed by atoms with Gasteiger partial charge in [-0.3, -0.25) is 9.69 Å². The van der Waals surface area contributed by atoms with Crippen molar-refractivity contribution in [3.63, 3.8) is 0 Å². The van der Waals surface area contributed by atoms with E-state index in [0.717, 1.165) is 25.2 Å². The van der Waals surface area contributed by atoms with Crippen molar-refractivity contribution in [2.75, 3.05) is 31.1 Å². The average Bonchev–Trinajstić information content (AvgIpc) is 2.67. The standard InChI is InChI=1S/C20H31N3OS/c1-16-5-7-17(8-6-16)18(21)19(24)22-15-20(9-3-2-4-10-20)23-11-13-25-14-12-23/h5-8,18H,2-4,9-15,21H2,1H3,(H,22,24). The minimum absolute atomic E-state index is 0.0554. The number of amides is 1. The number of thioether (sulfide) groups is 1. The molecule has 1 aliphatic heterocycles. The van der Waals surface area contributed by atoms with E-state index in [-0.39, 0.29) is 11.4 Å². The van der Waals surface area contributed by atoms with Crippen LogP contribution < -0.4 is 11.1 Å². The van der Waals surface area contributed by atoms with Gasteiger partial charge in [0.15, 0.2) is 0 Å². The van der Waals surface area contributed by atoms with Crippen molar-refractivity contribution in [1.82, 2.24) is 10.2 Å². The van der Waals surface area contributed by atoms with Crippen LogP contribution in [0, 0.1) is 6.92 Å². The molecule has 3 N–H and O–H groups in total. The third-order valence-corrected chi connectivity index (χ3v) is 6.72. The zero-order valence-electron chi connectivity index (χ0n) is 15.3. The second kappa shape index (κ2) is 8.56. The second-order valence-corrected chi connectivity index (χ2v) is 8.72. The molecule has 0 aromatic heterocycles. The van der Waals surface area contributed by atoms with Crippen molar-refractivity contribution >= 4 is 17.7 Å². The number of benzene rings is 1. The Morgan fingerprint density at radius 1 is 1.20 bits per heavy atom. The molecule has 1 aliphatic carbocycles. The first-order chi connectivity index (χ1) is 12.1. The van der Waals surface area contributed by atoms with Gasteiger partial charge in [-0.05, 0) is 25.3 Å². The first-order valence-electron chi connectivity index (χ1n) is 9.53. The fourth-order valence-electron chi connectivity index (χ4n) is 4.14. The van der Waals surface area contributed by atoms with E-state index in [1.165, 1.54) is 49.2 Å². The highest BCUT2D eigenvalue weighted by Gasteiger charge is 2.39. The zero-order chi connectivity index (χ0) is 17.7. The lowest BCUT2D eigenvalue weighted by Gasteiger charge is -2.48. The Balaban J connectivity index is 1.63. The summed E-state index contributed by atoms with van der Waals surface area (Å²) in [6, 6.07) is 7.35. The summed E-state index contributed by atoms with van der Waals surface area (Å²) in [6.45, 7) is 5.06. The van der Waals surface area contributed by atoms with E-state index in [9.17, 15) is 4.79 Å². The first kappa shape index (κ1) is 18.7. The minimum atomic E-state index is -0.585. The van der Waals surface area contributed by atoms with Gasteiger partial charge in [0.05, 0.1) is 0 Å².